The maximum absolute atomic E-state index is 13.3. The quantitative estimate of drug-likeness (QED) is 0.903. The molecule has 0 spiro atoms. The molecule has 1 aromatic rings. The van der Waals surface area contributed by atoms with Crippen LogP contribution in [0.3, 0.4) is 0 Å². The van der Waals surface area contributed by atoms with Gasteiger partial charge in [-0.25, -0.2) is 12.8 Å². The predicted molar refractivity (Wildman–Crippen MR) is 77.4 cm³/mol. The van der Waals surface area contributed by atoms with Gasteiger partial charge in [0, 0.05) is 31.4 Å². The van der Waals surface area contributed by atoms with E-state index in [4.69, 9.17) is 0 Å². The second-order valence-corrected chi connectivity index (χ2v) is 7.79. The summed E-state index contributed by atoms with van der Waals surface area (Å²) < 4.78 is 36.5. The second-order valence-electron chi connectivity index (χ2n) is 5.56. The van der Waals surface area contributed by atoms with E-state index in [0.717, 1.165) is 31.6 Å². The van der Waals surface area contributed by atoms with E-state index in [1.54, 1.807) is 6.07 Å². The molecule has 2 heterocycles. The molecule has 110 valence electrons. The number of anilines is 1. The number of benzene rings is 1. The molecule has 0 aliphatic carbocycles. The third kappa shape index (κ3) is 2.96. The van der Waals surface area contributed by atoms with Gasteiger partial charge >= 0.3 is 0 Å². The van der Waals surface area contributed by atoms with Gasteiger partial charge < -0.3 is 10.2 Å². The van der Waals surface area contributed by atoms with Crippen molar-refractivity contribution in [2.75, 3.05) is 36.0 Å². The van der Waals surface area contributed by atoms with Crippen molar-refractivity contribution in [1.82, 2.24) is 5.32 Å². The van der Waals surface area contributed by atoms with Crippen molar-refractivity contribution in [2.24, 2.45) is 0 Å². The van der Waals surface area contributed by atoms with Crippen LogP contribution in [0.4, 0.5) is 10.1 Å². The summed E-state index contributed by atoms with van der Waals surface area (Å²) in [6.07, 6.45) is 1.71. The Bertz CT molecular complexity index is 603. The van der Waals surface area contributed by atoms with Gasteiger partial charge in [-0.1, -0.05) is 6.07 Å². The zero-order valence-electron chi connectivity index (χ0n) is 11.3. The number of hydrogen-bond acceptors (Lipinski definition) is 4. The highest BCUT2D eigenvalue weighted by Gasteiger charge is 2.26. The van der Waals surface area contributed by atoms with Crippen molar-refractivity contribution >= 4 is 15.5 Å². The van der Waals surface area contributed by atoms with Crippen LogP contribution < -0.4 is 10.2 Å². The van der Waals surface area contributed by atoms with Crippen LogP contribution in [0, 0.1) is 5.82 Å². The van der Waals surface area contributed by atoms with Crippen molar-refractivity contribution in [2.45, 2.75) is 18.9 Å². The zero-order chi connectivity index (χ0) is 14.2. The van der Waals surface area contributed by atoms with E-state index in [1.807, 2.05) is 6.07 Å². The van der Waals surface area contributed by atoms with Crippen molar-refractivity contribution in [3.05, 3.63) is 29.6 Å². The smallest absolute Gasteiger partial charge is 0.153 e. The Morgan fingerprint density at radius 2 is 2.25 bits per heavy atom. The molecular weight excluding hydrogens is 279 g/mol. The molecule has 0 radical (unpaired) electrons. The first-order valence-electron chi connectivity index (χ1n) is 7.01. The number of rotatable bonds is 3. The number of fused-ring (bicyclic) bond motifs is 1. The topological polar surface area (TPSA) is 49.4 Å². The predicted octanol–water partition coefficient (Wildman–Crippen LogP) is 0.965. The first-order valence-corrected chi connectivity index (χ1v) is 8.83. The fourth-order valence-corrected chi connectivity index (χ4v) is 4.51. The van der Waals surface area contributed by atoms with Gasteiger partial charge in [-0.3, -0.25) is 0 Å². The third-order valence-corrected chi connectivity index (χ3v) is 5.82. The molecule has 6 heteroatoms. The van der Waals surface area contributed by atoms with Crippen LogP contribution in [0.1, 0.15) is 12.0 Å². The van der Waals surface area contributed by atoms with Gasteiger partial charge in [-0.15, -0.1) is 0 Å². The number of nitrogens with one attached hydrogen (secondary N) is 1. The second kappa shape index (κ2) is 5.33. The van der Waals surface area contributed by atoms with Gasteiger partial charge in [0.05, 0.1) is 11.5 Å². The molecule has 1 N–H and O–H groups in total. The van der Waals surface area contributed by atoms with Crippen LogP contribution in [0.25, 0.3) is 0 Å². The highest BCUT2D eigenvalue weighted by atomic mass is 32.2. The van der Waals surface area contributed by atoms with Crippen molar-refractivity contribution in [3.63, 3.8) is 0 Å². The lowest BCUT2D eigenvalue weighted by molar-refractivity contribution is 0.493. The zero-order valence-corrected chi connectivity index (χ0v) is 12.1. The van der Waals surface area contributed by atoms with E-state index in [2.05, 4.69) is 10.2 Å². The minimum Gasteiger partial charge on any atom is -0.371 e. The molecule has 1 saturated heterocycles. The van der Waals surface area contributed by atoms with E-state index in [9.17, 15) is 12.8 Å². The average molecular weight is 298 g/mol. The van der Waals surface area contributed by atoms with E-state index < -0.39 is 9.84 Å². The van der Waals surface area contributed by atoms with Crippen LogP contribution in [0.2, 0.25) is 0 Å². The summed E-state index contributed by atoms with van der Waals surface area (Å²) in [5, 5.41) is 3.25. The largest absolute Gasteiger partial charge is 0.371 e. The van der Waals surface area contributed by atoms with Gasteiger partial charge in [-0.2, -0.15) is 0 Å². The summed E-state index contributed by atoms with van der Waals surface area (Å²) >= 11 is 0. The van der Waals surface area contributed by atoms with Gasteiger partial charge in [0.2, 0.25) is 0 Å². The lowest BCUT2D eigenvalue weighted by Gasteiger charge is -2.27. The van der Waals surface area contributed by atoms with Crippen LogP contribution in [0.5, 0.6) is 0 Å². The molecule has 2 aliphatic rings. The summed E-state index contributed by atoms with van der Waals surface area (Å²) in [6, 6.07) is 4.94. The Labute approximate surface area is 118 Å². The van der Waals surface area contributed by atoms with E-state index in [0.29, 0.717) is 6.54 Å². The van der Waals surface area contributed by atoms with E-state index >= 15 is 0 Å². The number of nitrogens with zero attached hydrogens (tertiary/aromatic N) is 1. The van der Waals surface area contributed by atoms with Crippen LogP contribution in [0.15, 0.2) is 18.2 Å². The summed E-state index contributed by atoms with van der Waals surface area (Å²) in [7, 11) is -2.89. The average Bonchev–Trinajstić information content (AvgIpc) is 2.77. The Morgan fingerprint density at radius 1 is 1.40 bits per heavy atom. The molecule has 1 fully saturated rings. The monoisotopic (exact) mass is 298 g/mol. The molecule has 0 bridgehead atoms. The van der Waals surface area contributed by atoms with Crippen molar-refractivity contribution < 1.29 is 12.8 Å². The molecule has 3 rings (SSSR count). The van der Waals surface area contributed by atoms with Crippen LogP contribution >= 0.6 is 0 Å². The summed E-state index contributed by atoms with van der Waals surface area (Å²) in [5.41, 5.74) is 2.14. The van der Waals surface area contributed by atoms with Gasteiger partial charge in [-0.05, 0) is 30.5 Å². The first kappa shape index (κ1) is 13.8. The highest BCUT2D eigenvalue weighted by molar-refractivity contribution is 7.91. The maximum Gasteiger partial charge on any atom is 0.153 e. The summed E-state index contributed by atoms with van der Waals surface area (Å²) in [6.45, 7) is 2.19. The standard InChI is InChI=1S/C14H19FN2O2S/c15-12-2-1-11-3-6-17(14(11)9-12)7-4-13-10-20(18,19)8-5-16-13/h1-2,9,13,16H,3-8,10H2. The fourth-order valence-electron chi connectivity index (χ4n) is 3.02. The lowest BCUT2D eigenvalue weighted by Crippen LogP contribution is -2.46. The molecule has 1 unspecified atom stereocenters. The minimum atomic E-state index is -2.89. The van der Waals surface area contributed by atoms with Crippen LogP contribution in [-0.4, -0.2) is 45.6 Å². The number of hydrogen-bond donors (Lipinski definition) is 1. The van der Waals surface area contributed by atoms with Gasteiger partial charge in [0.25, 0.3) is 0 Å². The van der Waals surface area contributed by atoms with Crippen molar-refractivity contribution in [3.8, 4) is 0 Å². The van der Waals surface area contributed by atoms with Gasteiger partial charge in [0.15, 0.2) is 9.84 Å². The Balaban J connectivity index is 1.62. The molecule has 0 aromatic heterocycles. The normalized spacial score (nSPS) is 24.6. The number of halogens is 1. The highest BCUT2D eigenvalue weighted by Crippen LogP contribution is 2.28. The fraction of sp³-hybridized carbons (Fsp3) is 0.571. The molecule has 1 atom stereocenters. The molecule has 1 aromatic carbocycles. The van der Waals surface area contributed by atoms with E-state index in [1.165, 1.54) is 11.6 Å². The summed E-state index contributed by atoms with van der Waals surface area (Å²) in [5.74, 6) is 0.243. The molecule has 4 nitrogen and oxygen atoms in total. The third-order valence-electron chi connectivity index (χ3n) is 4.09. The first-order chi connectivity index (χ1) is 9.53. The van der Waals surface area contributed by atoms with E-state index in [-0.39, 0.29) is 23.4 Å². The maximum atomic E-state index is 13.3. The summed E-state index contributed by atoms with van der Waals surface area (Å²) in [4.78, 5) is 2.15. The number of sulfone groups is 1. The van der Waals surface area contributed by atoms with Crippen LogP contribution in [-0.2, 0) is 16.3 Å². The molecular formula is C14H19FN2O2S. The Hall–Kier alpha value is -1.14. The SMILES string of the molecule is O=S1(=O)CCNC(CCN2CCc3ccc(F)cc32)C1. The Kier molecular flexibility index (Phi) is 3.69. The molecule has 20 heavy (non-hydrogen) atoms. The van der Waals surface area contributed by atoms with Gasteiger partial charge in [0.1, 0.15) is 5.82 Å². The van der Waals surface area contributed by atoms with Crippen molar-refractivity contribution in [1.29, 1.82) is 0 Å². The Morgan fingerprint density at radius 3 is 3.05 bits per heavy atom. The lowest BCUT2D eigenvalue weighted by atomic mass is 10.1. The minimum absolute atomic E-state index is 0.0198. The molecule has 2 aliphatic heterocycles. The molecule has 0 saturated carbocycles. The molecule has 0 amide bonds.